The number of nitrogens with zero attached hydrogens (tertiary/aromatic N) is 3. The van der Waals surface area contributed by atoms with Crippen LogP contribution in [0.2, 0.25) is 0 Å². The second kappa shape index (κ2) is 4.37. The number of Topliss-reactive ketones (excluding diaryl/α,β-unsaturated/α-hetero) is 1. The minimum absolute atomic E-state index is 0.203. The summed E-state index contributed by atoms with van der Waals surface area (Å²) in [5.74, 6) is -2.13. The lowest BCUT2D eigenvalue weighted by atomic mass is 9.84. The molecule has 0 radical (unpaired) electrons. The van der Waals surface area contributed by atoms with Gasteiger partial charge in [-0.2, -0.15) is 13.2 Å². The van der Waals surface area contributed by atoms with Crippen molar-refractivity contribution in [1.29, 1.82) is 0 Å². The van der Waals surface area contributed by atoms with Crippen LogP contribution >= 0.6 is 0 Å². The van der Waals surface area contributed by atoms with Crippen molar-refractivity contribution in [3.8, 4) is 0 Å². The second-order valence-electron chi connectivity index (χ2n) is 4.75. The lowest BCUT2D eigenvalue weighted by Gasteiger charge is -2.29. The number of alkyl halides is 3. The van der Waals surface area contributed by atoms with E-state index in [9.17, 15) is 18.0 Å². The number of fused-ring (bicyclic) bond motifs is 1. The maximum absolute atomic E-state index is 12.7. The van der Waals surface area contributed by atoms with Gasteiger partial charge in [0.05, 0.1) is 11.6 Å². The molecule has 0 aromatic carbocycles. The summed E-state index contributed by atoms with van der Waals surface area (Å²) in [5, 5.41) is 7.53. The Morgan fingerprint density at radius 2 is 2.17 bits per heavy atom. The van der Waals surface area contributed by atoms with Crippen LogP contribution in [-0.2, 0) is 13.0 Å². The molecule has 0 aliphatic carbocycles. The van der Waals surface area contributed by atoms with E-state index in [2.05, 4.69) is 10.3 Å². The second-order valence-corrected chi connectivity index (χ2v) is 4.75. The third kappa shape index (κ3) is 2.26. The monoisotopic (exact) mass is 261 g/mol. The maximum Gasteiger partial charge on any atom is 0.391 e. The Bertz CT molecular complexity index is 467. The van der Waals surface area contributed by atoms with Crippen molar-refractivity contribution in [2.24, 2.45) is 11.8 Å². The molecule has 0 saturated heterocycles. The summed E-state index contributed by atoms with van der Waals surface area (Å²) in [6, 6.07) is 0. The smallest absolute Gasteiger partial charge is 0.293 e. The van der Waals surface area contributed by atoms with Gasteiger partial charge in [-0.05, 0) is 18.8 Å². The third-order valence-corrected chi connectivity index (χ3v) is 3.56. The van der Waals surface area contributed by atoms with Crippen molar-refractivity contribution < 1.29 is 18.0 Å². The zero-order chi connectivity index (χ0) is 13.5. The normalized spacial score (nSPS) is 21.5. The minimum Gasteiger partial charge on any atom is -0.293 e. The Hall–Kier alpha value is -1.40. The fourth-order valence-electron chi connectivity index (χ4n) is 2.32. The molecule has 2 atom stereocenters. The van der Waals surface area contributed by atoms with Crippen LogP contribution in [0.25, 0.3) is 0 Å². The predicted octanol–water partition coefficient (Wildman–Crippen LogP) is 2.24. The van der Waals surface area contributed by atoms with E-state index in [0.717, 1.165) is 0 Å². The number of aryl methyl sites for hydroxylation is 1. The molecule has 1 aliphatic rings. The van der Waals surface area contributed by atoms with Crippen LogP contribution in [0.1, 0.15) is 36.5 Å². The molecule has 2 heterocycles. The molecule has 0 fully saturated rings. The highest BCUT2D eigenvalue weighted by Crippen LogP contribution is 2.37. The zero-order valence-corrected chi connectivity index (χ0v) is 10.2. The molecule has 1 aliphatic heterocycles. The number of rotatable bonds is 2. The van der Waals surface area contributed by atoms with Gasteiger partial charge in [-0.1, -0.05) is 12.1 Å². The first kappa shape index (κ1) is 13.0. The van der Waals surface area contributed by atoms with E-state index in [-0.39, 0.29) is 17.9 Å². The molecule has 2 rings (SSSR count). The standard InChI is InChI=1S/C11H14F3N3O/c1-6(11(12,13)14)8-3-4-17-9(5-8)10(7(2)18)15-16-17/h6,8H,3-5H2,1-2H3. The molecule has 0 N–H and O–H groups in total. The highest BCUT2D eigenvalue weighted by molar-refractivity contribution is 5.93. The van der Waals surface area contributed by atoms with Gasteiger partial charge in [0, 0.05) is 13.5 Å². The lowest BCUT2D eigenvalue weighted by molar-refractivity contribution is -0.185. The summed E-state index contributed by atoms with van der Waals surface area (Å²) in [7, 11) is 0. The number of hydrogen-bond acceptors (Lipinski definition) is 3. The van der Waals surface area contributed by atoms with Crippen LogP contribution in [0.5, 0.6) is 0 Å². The van der Waals surface area contributed by atoms with Crippen molar-refractivity contribution in [2.75, 3.05) is 0 Å². The SMILES string of the molecule is CC(=O)c1nnn2c1CC(C(C)C(F)(F)F)CC2. The molecule has 1 aromatic heterocycles. The van der Waals surface area contributed by atoms with Crippen molar-refractivity contribution in [3.05, 3.63) is 11.4 Å². The van der Waals surface area contributed by atoms with Gasteiger partial charge < -0.3 is 0 Å². The van der Waals surface area contributed by atoms with Crippen LogP contribution in [0.3, 0.4) is 0 Å². The topological polar surface area (TPSA) is 47.8 Å². The molecule has 0 amide bonds. The summed E-state index contributed by atoms with van der Waals surface area (Å²) in [4.78, 5) is 11.3. The van der Waals surface area contributed by atoms with Crippen molar-refractivity contribution in [2.45, 2.75) is 39.4 Å². The lowest BCUT2D eigenvalue weighted by Crippen LogP contribution is -2.33. The van der Waals surface area contributed by atoms with Crippen LogP contribution in [0, 0.1) is 11.8 Å². The molecular formula is C11H14F3N3O. The Morgan fingerprint density at radius 3 is 2.72 bits per heavy atom. The number of aromatic nitrogens is 3. The van der Waals surface area contributed by atoms with Crippen molar-refractivity contribution in [3.63, 3.8) is 0 Å². The van der Waals surface area contributed by atoms with Crippen LogP contribution < -0.4 is 0 Å². The maximum atomic E-state index is 12.7. The highest BCUT2D eigenvalue weighted by atomic mass is 19.4. The van der Waals surface area contributed by atoms with Crippen molar-refractivity contribution >= 4 is 5.78 Å². The molecular weight excluding hydrogens is 247 g/mol. The summed E-state index contributed by atoms with van der Waals surface area (Å²) >= 11 is 0. The van der Waals surface area contributed by atoms with Gasteiger partial charge >= 0.3 is 6.18 Å². The zero-order valence-electron chi connectivity index (χ0n) is 10.2. The predicted molar refractivity (Wildman–Crippen MR) is 57.1 cm³/mol. The highest BCUT2D eigenvalue weighted by Gasteiger charge is 2.42. The van der Waals surface area contributed by atoms with E-state index in [0.29, 0.717) is 18.7 Å². The number of carbonyl (C=O) groups excluding carboxylic acids is 1. The van der Waals surface area contributed by atoms with Gasteiger partial charge in [-0.3, -0.25) is 4.79 Å². The van der Waals surface area contributed by atoms with Crippen LogP contribution in [-0.4, -0.2) is 27.0 Å². The summed E-state index contributed by atoms with van der Waals surface area (Å²) < 4.78 is 39.6. The van der Waals surface area contributed by atoms with Gasteiger partial charge in [0.2, 0.25) is 0 Å². The molecule has 1 aromatic rings. The molecule has 2 unspecified atom stereocenters. The van der Waals surface area contributed by atoms with Gasteiger partial charge in [0.15, 0.2) is 11.5 Å². The Balaban J connectivity index is 2.23. The van der Waals surface area contributed by atoms with E-state index in [1.807, 2.05) is 0 Å². The van der Waals surface area contributed by atoms with E-state index >= 15 is 0 Å². The number of hydrogen-bond donors (Lipinski definition) is 0. The number of ketones is 1. The Morgan fingerprint density at radius 1 is 1.50 bits per heavy atom. The summed E-state index contributed by atoms with van der Waals surface area (Å²) in [5.41, 5.74) is 0.740. The number of carbonyl (C=O) groups is 1. The Labute approximate surface area is 102 Å². The van der Waals surface area contributed by atoms with E-state index in [4.69, 9.17) is 0 Å². The first-order valence-electron chi connectivity index (χ1n) is 5.80. The average molecular weight is 261 g/mol. The summed E-state index contributed by atoms with van der Waals surface area (Å²) in [6.45, 7) is 2.93. The van der Waals surface area contributed by atoms with Gasteiger partial charge in [0.1, 0.15) is 0 Å². The van der Waals surface area contributed by atoms with Crippen LogP contribution in [0.15, 0.2) is 0 Å². The third-order valence-electron chi connectivity index (χ3n) is 3.56. The fourth-order valence-corrected chi connectivity index (χ4v) is 2.32. The van der Waals surface area contributed by atoms with E-state index in [1.165, 1.54) is 18.5 Å². The molecule has 18 heavy (non-hydrogen) atoms. The first-order valence-corrected chi connectivity index (χ1v) is 5.80. The van der Waals surface area contributed by atoms with E-state index in [1.54, 1.807) is 0 Å². The molecule has 0 spiro atoms. The van der Waals surface area contributed by atoms with Gasteiger partial charge in [0.25, 0.3) is 0 Å². The van der Waals surface area contributed by atoms with Crippen LogP contribution in [0.4, 0.5) is 13.2 Å². The van der Waals surface area contributed by atoms with Gasteiger partial charge in [-0.25, -0.2) is 4.68 Å². The molecule has 0 saturated carbocycles. The Kier molecular flexibility index (Phi) is 3.16. The first-order chi connectivity index (χ1) is 8.30. The quantitative estimate of drug-likeness (QED) is 0.767. The molecule has 4 nitrogen and oxygen atoms in total. The largest absolute Gasteiger partial charge is 0.391 e. The fraction of sp³-hybridized carbons (Fsp3) is 0.727. The van der Waals surface area contributed by atoms with E-state index < -0.39 is 18.0 Å². The average Bonchev–Trinajstić information content (AvgIpc) is 2.69. The number of halogens is 3. The molecule has 0 bridgehead atoms. The molecule has 7 heteroatoms. The molecule has 100 valence electrons. The minimum atomic E-state index is -4.20. The van der Waals surface area contributed by atoms with Crippen molar-refractivity contribution in [1.82, 2.24) is 15.0 Å². The summed E-state index contributed by atoms with van der Waals surface area (Å²) in [6.07, 6.45) is -3.58. The van der Waals surface area contributed by atoms with Gasteiger partial charge in [-0.15, -0.1) is 5.10 Å².